The van der Waals surface area contributed by atoms with Crippen LogP contribution in [0.15, 0.2) is 24.3 Å². The van der Waals surface area contributed by atoms with Gasteiger partial charge in [-0.05, 0) is 49.9 Å². The summed E-state index contributed by atoms with van der Waals surface area (Å²) in [6, 6.07) is 9.48. The second-order valence-electron chi connectivity index (χ2n) is 5.70. The van der Waals surface area contributed by atoms with Gasteiger partial charge in [0.1, 0.15) is 0 Å². The number of nitrogens with zero attached hydrogens (tertiary/aromatic N) is 2. The molecule has 4 heteroatoms. The number of nitriles is 1. The average Bonchev–Trinajstić information content (AvgIpc) is 2.43. The quantitative estimate of drug-likeness (QED) is 0.919. The minimum atomic E-state index is 0.00987. The monoisotopic (exact) mass is 271 g/mol. The molecule has 20 heavy (non-hydrogen) atoms. The number of benzene rings is 1. The standard InChI is InChI=1S/C16H21N3O/c1-12-3-4-13(2)19(10-12)11-16(20)18-15-7-5-14(9-17)6-8-15/h5-8,12-13H,3-4,10-11H2,1-2H3,(H,18,20). The normalized spacial score (nSPS) is 23.1. The number of hydrogen-bond acceptors (Lipinski definition) is 3. The Morgan fingerprint density at radius 2 is 2.05 bits per heavy atom. The van der Waals surface area contributed by atoms with Crippen LogP contribution in [0.3, 0.4) is 0 Å². The molecule has 106 valence electrons. The molecule has 1 aromatic rings. The number of rotatable bonds is 3. The first kappa shape index (κ1) is 14.5. The van der Waals surface area contributed by atoms with Crippen LogP contribution < -0.4 is 5.32 Å². The van der Waals surface area contributed by atoms with Crippen molar-refractivity contribution in [3.8, 4) is 6.07 Å². The molecule has 0 aliphatic carbocycles. The van der Waals surface area contributed by atoms with Crippen LogP contribution in [-0.4, -0.2) is 29.9 Å². The number of amides is 1. The van der Waals surface area contributed by atoms with Gasteiger partial charge < -0.3 is 5.32 Å². The van der Waals surface area contributed by atoms with Gasteiger partial charge in [-0.25, -0.2) is 0 Å². The van der Waals surface area contributed by atoms with Crippen molar-refractivity contribution in [2.75, 3.05) is 18.4 Å². The van der Waals surface area contributed by atoms with E-state index >= 15 is 0 Å². The van der Waals surface area contributed by atoms with Crippen LogP contribution in [0.5, 0.6) is 0 Å². The molecule has 0 bridgehead atoms. The third kappa shape index (κ3) is 3.82. The molecule has 1 amide bonds. The third-order valence-corrected chi connectivity index (χ3v) is 3.89. The zero-order valence-electron chi connectivity index (χ0n) is 12.1. The van der Waals surface area contributed by atoms with E-state index in [0.717, 1.165) is 18.7 Å². The van der Waals surface area contributed by atoms with E-state index in [1.165, 1.54) is 6.42 Å². The highest BCUT2D eigenvalue weighted by Gasteiger charge is 2.24. The van der Waals surface area contributed by atoms with Crippen molar-refractivity contribution in [3.05, 3.63) is 29.8 Å². The summed E-state index contributed by atoms with van der Waals surface area (Å²) in [6.07, 6.45) is 2.40. The zero-order valence-corrected chi connectivity index (χ0v) is 12.1. The highest BCUT2D eigenvalue weighted by molar-refractivity contribution is 5.92. The number of nitrogens with one attached hydrogen (secondary N) is 1. The van der Waals surface area contributed by atoms with Crippen LogP contribution in [0.1, 0.15) is 32.3 Å². The van der Waals surface area contributed by atoms with Crippen molar-refractivity contribution >= 4 is 11.6 Å². The van der Waals surface area contributed by atoms with E-state index in [4.69, 9.17) is 5.26 Å². The van der Waals surface area contributed by atoms with E-state index in [-0.39, 0.29) is 5.91 Å². The topological polar surface area (TPSA) is 56.1 Å². The van der Waals surface area contributed by atoms with Crippen LogP contribution >= 0.6 is 0 Å². The van der Waals surface area contributed by atoms with Gasteiger partial charge in [0.05, 0.1) is 18.2 Å². The first-order valence-electron chi connectivity index (χ1n) is 7.12. The van der Waals surface area contributed by atoms with E-state index < -0.39 is 0 Å². The molecule has 1 saturated heterocycles. The van der Waals surface area contributed by atoms with Gasteiger partial charge in [0.25, 0.3) is 0 Å². The van der Waals surface area contributed by atoms with E-state index in [0.29, 0.717) is 24.1 Å². The molecular formula is C16H21N3O. The first-order chi connectivity index (χ1) is 9.58. The summed E-state index contributed by atoms with van der Waals surface area (Å²) in [4.78, 5) is 14.3. The molecule has 0 aromatic heterocycles. The Bertz CT molecular complexity index is 503. The second kappa shape index (κ2) is 6.53. The molecule has 2 rings (SSSR count). The van der Waals surface area contributed by atoms with Crippen LogP contribution in [-0.2, 0) is 4.79 Å². The van der Waals surface area contributed by atoms with Gasteiger partial charge in [0, 0.05) is 18.3 Å². The van der Waals surface area contributed by atoms with Crippen molar-refractivity contribution in [2.24, 2.45) is 5.92 Å². The van der Waals surface area contributed by atoms with Crippen LogP contribution in [0.4, 0.5) is 5.69 Å². The number of likely N-dealkylation sites (tertiary alicyclic amines) is 1. The molecular weight excluding hydrogens is 250 g/mol. The van der Waals surface area contributed by atoms with Crippen LogP contribution in [0.2, 0.25) is 0 Å². The van der Waals surface area contributed by atoms with Crippen molar-refractivity contribution in [2.45, 2.75) is 32.7 Å². The molecule has 1 aliphatic heterocycles. The second-order valence-corrected chi connectivity index (χ2v) is 5.70. The maximum absolute atomic E-state index is 12.1. The highest BCUT2D eigenvalue weighted by Crippen LogP contribution is 2.21. The van der Waals surface area contributed by atoms with Crippen molar-refractivity contribution in [1.82, 2.24) is 4.90 Å². The lowest BCUT2D eigenvalue weighted by atomic mass is 9.95. The maximum atomic E-state index is 12.1. The highest BCUT2D eigenvalue weighted by atomic mass is 16.2. The Kier molecular flexibility index (Phi) is 4.75. The smallest absolute Gasteiger partial charge is 0.238 e. The van der Waals surface area contributed by atoms with Crippen LogP contribution in [0, 0.1) is 17.2 Å². The third-order valence-electron chi connectivity index (χ3n) is 3.89. The van der Waals surface area contributed by atoms with Gasteiger partial charge >= 0.3 is 0 Å². The molecule has 1 aromatic carbocycles. The molecule has 1 N–H and O–H groups in total. The summed E-state index contributed by atoms with van der Waals surface area (Å²) in [5, 5.41) is 11.6. The number of anilines is 1. The number of piperidine rings is 1. The predicted octanol–water partition coefficient (Wildman–Crippen LogP) is 2.62. The molecule has 0 radical (unpaired) electrons. The average molecular weight is 271 g/mol. The zero-order chi connectivity index (χ0) is 14.5. The lowest BCUT2D eigenvalue weighted by Crippen LogP contribution is -2.45. The van der Waals surface area contributed by atoms with Gasteiger partial charge in [-0.2, -0.15) is 5.26 Å². The van der Waals surface area contributed by atoms with Gasteiger partial charge in [-0.1, -0.05) is 6.92 Å². The van der Waals surface area contributed by atoms with Crippen molar-refractivity contribution < 1.29 is 4.79 Å². The molecule has 1 heterocycles. The fourth-order valence-electron chi connectivity index (χ4n) is 2.61. The first-order valence-corrected chi connectivity index (χ1v) is 7.12. The van der Waals surface area contributed by atoms with E-state index in [1.807, 2.05) is 0 Å². The van der Waals surface area contributed by atoms with E-state index in [1.54, 1.807) is 24.3 Å². The van der Waals surface area contributed by atoms with Crippen LogP contribution in [0.25, 0.3) is 0 Å². The Hall–Kier alpha value is -1.86. The summed E-state index contributed by atoms with van der Waals surface area (Å²) in [7, 11) is 0. The largest absolute Gasteiger partial charge is 0.325 e. The number of hydrogen-bond donors (Lipinski definition) is 1. The molecule has 4 nitrogen and oxygen atoms in total. The lowest BCUT2D eigenvalue weighted by Gasteiger charge is -2.36. The summed E-state index contributed by atoms with van der Waals surface area (Å²) >= 11 is 0. The molecule has 0 spiro atoms. The van der Waals surface area contributed by atoms with Crippen molar-refractivity contribution in [3.63, 3.8) is 0 Å². The molecule has 2 unspecified atom stereocenters. The van der Waals surface area contributed by atoms with Gasteiger partial charge in [0.15, 0.2) is 0 Å². The lowest BCUT2D eigenvalue weighted by molar-refractivity contribution is -0.118. The fourth-order valence-corrected chi connectivity index (χ4v) is 2.61. The molecule has 1 aliphatic rings. The summed E-state index contributed by atoms with van der Waals surface area (Å²) in [5.74, 6) is 0.671. The van der Waals surface area contributed by atoms with Gasteiger partial charge in [-0.3, -0.25) is 9.69 Å². The SMILES string of the molecule is CC1CCC(C)N(CC(=O)Nc2ccc(C#N)cc2)C1. The van der Waals surface area contributed by atoms with E-state index in [2.05, 4.69) is 30.1 Å². The molecule has 1 fully saturated rings. The predicted molar refractivity (Wildman–Crippen MR) is 79.2 cm³/mol. The molecule has 0 saturated carbocycles. The Morgan fingerprint density at radius 1 is 1.35 bits per heavy atom. The Labute approximate surface area is 120 Å². The number of carbonyl (C=O) groups excluding carboxylic acids is 1. The fraction of sp³-hybridized carbons (Fsp3) is 0.500. The Balaban J connectivity index is 1.89. The Morgan fingerprint density at radius 3 is 2.70 bits per heavy atom. The molecule has 2 atom stereocenters. The maximum Gasteiger partial charge on any atom is 0.238 e. The van der Waals surface area contributed by atoms with E-state index in [9.17, 15) is 4.79 Å². The summed E-state index contributed by atoms with van der Waals surface area (Å²) in [6.45, 7) is 5.84. The van der Waals surface area contributed by atoms with Gasteiger partial charge in [0.2, 0.25) is 5.91 Å². The minimum Gasteiger partial charge on any atom is -0.325 e. The summed E-state index contributed by atoms with van der Waals surface area (Å²) in [5.41, 5.74) is 1.34. The minimum absolute atomic E-state index is 0.00987. The number of carbonyl (C=O) groups is 1. The summed E-state index contributed by atoms with van der Waals surface area (Å²) < 4.78 is 0. The van der Waals surface area contributed by atoms with Gasteiger partial charge in [-0.15, -0.1) is 0 Å². The van der Waals surface area contributed by atoms with Crippen molar-refractivity contribution in [1.29, 1.82) is 5.26 Å².